The summed E-state index contributed by atoms with van der Waals surface area (Å²) in [5, 5.41) is 7.08. The highest BCUT2D eigenvalue weighted by Gasteiger charge is 2.29. The first-order valence-electron chi connectivity index (χ1n) is 8.99. The van der Waals surface area contributed by atoms with Gasteiger partial charge in [0.1, 0.15) is 0 Å². The van der Waals surface area contributed by atoms with Gasteiger partial charge in [0.2, 0.25) is 5.91 Å². The zero-order valence-corrected chi connectivity index (χ0v) is 16.1. The number of nitrogens with one attached hydrogen (secondary N) is 2. The molecule has 0 atom stereocenters. The molecular formula is C21H23N3O4. The van der Waals surface area contributed by atoms with E-state index < -0.39 is 0 Å². The second-order valence-electron chi connectivity index (χ2n) is 6.55. The van der Waals surface area contributed by atoms with Crippen LogP contribution in [0.5, 0.6) is 11.5 Å². The average molecular weight is 381 g/mol. The summed E-state index contributed by atoms with van der Waals surface area (Å²) >= 11 is 0. The minimum atomic E-state index is -0.363. The molecule has 2 aromatic rings. The highest BCUT2D eigenvalue weighted by atomic mass is 16.5. The van der Waals surface area contributed by atoms with Gasteiger partial charge in [0.15, 0.2) is 11.5 Å². The molecule has 1 aliphatic rings. The predicted octanol–water partition coefficient (Wildman–Crippen LogP) is 3.21. The van der Waals surface area contributed by atoms with Crippen LogP contribution in [0.1, 0.15) is 35.7 Å². The fourth-order valence-corrected chi connectivity index (χ4v) is 2.65. The number of amides is 2. The summed E-state index contributed by atoms with van der Waals surface area (Å²) in [4.78, 5) is 24.3. The molecule has 3 rings (SSSR count). The molecule has 2 N–H and O–H groups in total. The summed E-state index contributed by atoms with van der Waals surface area (Å²) in [5.74, 6) is 0.838. The third-order valence-corrected chi connectivity index (χ3v) is 4.47. The van der Waals surface area contributed by atoms with Crippen molar-refractivity contribution in [1.82, 2.24) is 5.43 Å². The number of ether oxygens (including phenoxy) is 2. The van der Waals surface area contributed by atoms with Crippen molar-refractivity contribution < 1.29 is 19.1 Å². The van der Waals surface area contributed by atoms with Gasteiger partial charge in [-0.3, -0.25) is 9.59 Å². The summed E-state index contributed by atoms with van der Waals surface area (Å²) in [6.07, 6.45) is 1.91. The van der Waals surface area contributed by atoms with Crippen LogP contribution >= 0.6 is 0 Å². The normalized spacial score (nSPS) is 13.6. The monoisotopic (exact) mass is 381 g/mol. The molecule has 0 spiro atoms. The van der Waals surface area contributed by atoms with Crippen molar-refractivity contribution in [1.29, 1.82) is 0 Å². The molecule has 7 heteroatoms. The van der Waals surface area contributed by atoms with Crippen LogP contribution in [-0.2, 0) is 4.79 Å². The van der Waals surface area contributed by atoms with Crippen molar-refractivity contribution >= 4 is 23.2 Å². The summed E-state index contributed by atoms with van der Waals surface area (Å²) < 4.78 is 10.4. The van der Waals surface area contributed by atoms with Crippen molar-refractivity contribution in [2.45, 2.75) is 19.8 Å². The Morgan fingerprint density at radius 1 is 1.00 bits per heavy atom. The van der Waals surface area contributed by atoms with E-state index in [2.05, 4.69) is 15.8 Å². The first-order chi connectivity index (χ1) is 13.5. The molecular weight excluding hydrogens is 358 g/mol. The van der Waals surface area contributed by atoms with E-state index in [9.17, 15) is 9.59 Å². The van der Waals surface area contributed by atoms with E-state index in [0.29, 0.717) is 22.8 Å². The number of nitrogens with zero attached hydrogens (tertiary/aromatic N) is 1. The van der Waals surface area contributed by atoms with E-state index >= 15 is 0 Å². The molecule has 0 unspecified atom stereocenters. The standard InChI is InChI=1S/C21H23N3O4/c1-13(15-5-4-6-17(11-15)22-20(25)14-7-8-14)23-24-21(26)16-9-10-18(27-2)19(12-16)28-3/h4-6,9-12,14H,7-8H2,1-3H3,(H,22,25)(H,24,26)/b23-13-. The van der Waals surface area contributed by atoms with Crippen LogP contribution in [0.3, 0.4) is 0 Å². The maximum absolute atomic E-state index is 12.4. The highest BCUT2D eigenvalue weighted by molar-refractivity contribution is 6.02. The van der Waals surface area contributed by atoms with Crippen LogP contribution in [-0.4, -0.2) is 31.7 Å². The Hall–Kier alpha value is -3.35. The Labute approximate surface area is 163 Å². The molecule has 0 bridgehead atoms. The SMILES string of the molecule is COc1ccc(C(=O)N/N=C(/C)c2cccc(NC(=O)C3CC3)c2)cc1OC. The Morgan fingerprint density at radius 3 is 2.43 bits per heavy atom. The molecule has 0 radical (unpaired) electrons. The number of benzene rings is 2. The van der Waals surface area contributed by atoms with Gasteiger partial charge in [0.05, 0.1) is 19.9 Å². The molecule has 1 fully saturated rings. The van der Waals surface area contributed by atoms with Crippen molar-refractivity contribution in [3.05, 3.63) is 53.6 Å². The topological polar surface area (TPSA) is 89.0 Å². The first-order valence-corrected chi connectivity index (χ1v) is 8.99. The van der Waals surface area contributed by atoms with Gasteiger partial charge >= 0.3 is 0 Å². The van der Waals surface area contributed by atoms with E-state index in [1.165, 1.54) is 14.2 Å². The molecule has 2 amide bonds. The maximum Gasteiger partial charge on any atom is 0.271 e. The number of hydrogen-bond acceptors (Lipinski definition) is 5. The molecule has 146 valence electrons. The lowest BCUT2D eigenvalue weighted by atomic mass is 10.1. The Bertz CT molecular complexity index is 920. The van der Waals surface area contributed by atoms with Crippen LogP contribution < -0.4 is 20.2 Å². The summed E-state index contributed by atoms with van der Waals surface area (Å²) in [7, 11) is 3.04. The number of hydrogen-bond donors (Lipinski definition) is 2. The zero-order chi connectivity index (χ0) is 20.1. The van der Waals surface area contributed by atoms with E-state index in [-0.39, 0.29) is 17.7 Å². The molecule has 0 aromatic heterocycles. The predicted molar refractivity (Wildman–Crippen MR) is 107 cm³/mol. The summed E-state index contributed by atoms with van der Waals surface area (Å²) in [5.41, 5.74) is 5.09. The molecule has 0 aliphatic heterocycles. The minimum Gasteiger partial charge on any atom is -0.493 e. The molecule has 28 heavy (non-hydrogen) atoms. The van der Waals surface area contributed by atoms with Gasteiger partial charge in [-0.05, 0) is 55.7 Å². The van der Waals surface area contributed by atoms with Crippen molar-refractivity contribution in [2.75, 3.05) is 19.5 Å². The molecule has 2 aromatic carbocycles. The molecule has 0 saturated heterocycles. The lowest BCUT2D eigenvalue weighted by Crippen LogP contribution is -2.19. The summed E-state index contributed by atoms with van der Waals surface area (Å²) in [6, 6.07) is 12.3. The van der Waals surface area contributed by atoms with Crippen LogP contribution in [0, 0.1) is 5.92 Å². The van der Waals surface area contributed by atoms with Crippen molar-refractivity contribution in [3.63, 3.8) is 0 Å². The smallest absolute Gasteiger partial charge is 0.271 e. The van der Waals surface area contributed by atoms with Crippen molar-refractivity contribution in [3.8, 4) is 11.5 Å². The van der Waals surface area contributed by atoms with Gasteiger partial charge in [-0.25, -0.2) is 5.43 Å². The number of carbonyl (C=O) groups excluding carboxylic acids is 2. The first kappa shape index (κ1) is 19.4. The lowest BCUT2D eigenvalue weighted by molar-refractivity contribution is -0.117. The van der Waals surface area contributed by atoms with Gasteiger partial charge in [-0.15, -0.1) is 0 Å². The zero-order valence-electron chi connectivity index (χ0n) is 16.1. The van der Waals surface area contributed by atoms with Gasteiger partial charge in [0.25, 0.3) is 5.91 Å². The number of rotatable bonds is 7. The van der Waals surface area contributed by atoms with E-state index in [0.717, 1.165) is 24.1 Å². The van der Waals surface area contributed by atoms with Crippen LogP contribution in [0.2, 0.25) is 0 Å². The maximum atomic E-state index is 12.4. The van der Waals surface area contributed by atoms with Gasteiger partial charge < -0.3 is 14.8 Å². The fourth-order valence-electron chi connectivity index (χ4n) is 2.65. The van der Waals surface area contributed by atoms with Crippen LogP contribution in [0.25, 0.3) is 0 Å². The molecule has 7 nitrogen and oxygen atoms in total. The molecule has 0 heterocycles. The number of carbonyl (C=O) groups is 2. The summed E-state index contributed by atoms with van der Waals surface area (Å²) in [6.45, 7) is 1.79. The Morgan fingerprint density at radius 2 is 1.75 bits per heavy atom. The quantitative estimate of drug-likeness (QED) is 0.569. The second-order valence-corrected chi connectivity index (χ2v) is 6.55. The van der Waals surface area contributed by atoms with Crippen LogP contribution in [0.15, 0.2) is 47.6 Å². The molecule has 1 saturated carbocycles. The highest BCUT2D eigenvalue weighted by Crippen LogP contribution is 2.30. The third kappa shape index (κ3) is 4.68. The van der Waals surface area contributed by atoms with E-state index in [1.54, 1.807) is 25.1 Å². The number of methoxy groups -OCH3 is 2. The number of hydrazone groups is 1. The van der Waals surface area contributed by atoms with Crippen molar-refractivity contribution in [2.24, 2.45) is 11.0 Å². The fraction of sp³-hybridized carbons (Fsp3) is 0.286. The van der Waals surface area contributed by atoms with Gasteiger partial charge in [0, 0.05) is 17.2 Å². The Balaban J connectivity index is 1.68. The largest absolute Gasteiger partial charge is 0.493 e. The van der Waals surface area contributed by atoms with E-state index in [4.69, 9.17) is 9.47 Å². The third-order valence-electron chi connectivity index (χ3n) is 4.47. The second kappa shape index (κ2) is 8.56. The van der Waals surface area contributed by atoms with Gasteiger partial charge in [-0.2, -0.15) is 5.10 Å². The average Bonchev–Trinajstić information content (AvgIpc) is 3.56. The lowest BCUT2D eigenvalue weighted by Gasteiger charge is -2.09. The van der Waals surface area contributed by atoms with Gasteiger partial charge in [-0.1, -0.05) is 12.1 Å². The Kier molecular flexibility index (Phi) is 5.93. The number of anilines is 1. The van der Waals surface area contributed by atoms with E-state index in [1.807, 2.05) is 24.3 Å². The van der Waals surface area contributed by atoms with Crippen LogP contribution in [0.4, 0.5) is 5.69 Å². The minimum absolute atomic E-state index is 0.0495. The molecule has 1 aliphatic carbocycles.